The summed E-state index contributed by atoms with van der Waals surface area (Å²) in [4.78, 5) is 27.8. The summed E-state index contributed by atoms with van der Waals surface area (Å²) in [5.74, 6) is 0.130. The van der Waals surface area contributed by atoms with Crippen molar-refractivity contribution in [2.24, 2.45) is 0 Å². The van der Waals surface area contributed by atoms with E-state index in [1.54, 1.807) is 40.1 Å². The number of furan rings is 1. The number of hydrogen-bond acceptors (Lipinski definition) is 3. The van der Waals surface area contributed by atoms with Crippen LogP contribution >= 0.6 is 23.2 Å². The van der Waals surface area contributed by atoms with Gasteiger partial charge >= 0.3 is 6.03 Å². The lowest BCUT2D eigenvalue weighted by Crippen LogP contribution is -2.51. The molecule has 1 aliphatic heterocycles. The molecular weight excluding hydrogens is 353 g/mol. The number of piperazine rings is 1. The van der Waals surface area contributed by atoms with Gasteiger partial charge in [0.25, 0.3) is 5.91 Å². The van der Waals surface area contributed by atoms with Crippen molar-refractivity contribution >= 4 is 40.8 Å². The fraction of sp³-hybridized carbons (Fsp3) is 0.250. The first-order chi connectivity index (χ1) is 11.6. The molecule has 1 saturated heterocycles. The second-order valence-corrected chi connectivity index (χ2v) is 6.10. The quantitative estimate of drug-likeness (QED) is 0.881. The lowest BCUT2D eigenvalue weighted by Gasteiger charge is -2.34. The van der Waals surface area contributed by atoms with Crippen LogP contribution in [0.2, 0.25) is 10.0 Å². The van der Waals surface area contributed by atoms with Crippen molar-refractivity contribution in [1.82, 2.24) is 9.80 Å². The molecule has 1 aromatic carbocycles. The van der Waals surface area contributed by atoms with Gasteiger partial charge in [-0.25, -0.2) is 4.79 Å². The summed E-state index contributed by atoms with van der Waals surface area (Å²) in [6.45, 7) is 1.70. The number of carbonyl (C=O) groups is 2. The van der Waals surface area contributed by atoms with Crippen LogP contribution in [0.5, 0.6) is 0 Å². The summed E-state index contributed by atoms with van der Waals surface area (Å²) < 4.78 is 5.11. The Morgan fingerprint density at radius 2 is 1.58 bits per heavy atom. The van der Waals surface area contributed by atoms with E-state index in [9.17, 15) is 9.59 Å². The molecule has 126 valence electrons. The highest BCUT2D eigenvalue weighted by Crippen LogP contribution is 2.30. The van der Waals surface area contributed by atoms with Crippen LogP contribution in [0.1, 0.15) is 10.6 Å². The summed E-state index contributed by atoms with van der Waals surface area (Å²) in [6, 6.07) is 8.02. The van der Waals surface area contributed by atoms with Gasteiger partial charge in [-0.05, 0) is 24.3 Å². The van der Waals surface area contributed by atoms with Crippen LogP contribution in [0.4, 0.5) is 10.5 Å². The van der Waals surface area contributed by atoms with Crippen LogP contribution in [-0.4, -0.2) is 47.9 Å². The summed E-state index contributed by atoms with van der Waals surface area (Å²) in [5.41, 5.74) is 0.389. The van der Waals surface area contributed by atoms with Crippen LogP contribution in [-0.2, 0) is 0 Å². The van der Waals surface area contributed by atoms with Gasteiger partial charge in [-0.15, -0.1) is 0 Å². The Morgan fingerprint density at radius 3 is 2.17 bits per heavy atom. The number of amides is 3. The first-order valence-corrected chi connectivity index (χ1v) is 8.14. The van der Waals surface area contributed by atoms with Crippen LogP contribution in [0.3, 0.4) is 0 Å². The molecule has 1 aliphatic rings. The van der Waals surface area contributed by atoms with Crippen molar-refractivity contribution in [3.63, 3.8) is 0 Å². The Kier molecular flexibility index (Phi) is 4.97. The van der Waals surface area contributed by atoms with Gasteiger partial charge in [0.15, 0.2) is 5.76 Å². The fourth-order valence-corrected chi connectivity index (χ4v) is 2.96. The predicted octanol–water partition coefficient (Wildman–Crippen LogP) is 3.58. The van der Waals surface area contributed by atoms with E-state index in [1.807, 2.05) is 0 Å². The van der Waals surface area contributed by atoms with Gasteiger partial charge in [0.1, 0.15) is 0 Å². The maximum Gasteiger partial charge on any atom is 0.322 e. The molecule has 0 saturated carbocycles. The highest BCUT2D eigenvalue weighted by molar-refractivity contribution is 6.39. The summed E-state index contributed by atoms with van der Waals surface area (Å²) in [7, 11) is 0. The van der Waals surface area contributed by atoms with E-state index in [1.165, 1.54) is 6.26 Å². The number of urea groups is 1. The smallest absolute Gasteiger partial charge is 0.322 e. The topological polar surface area (TPSA) is 65.8 Å². The number of halogens is 2. The lowest BCUT2D eigenvalue weighted by atomic mass is 10.3. The molecule has 0 unspecified atom stereocenters. The largest absolute Gasteiger partial charge is 0.459 e. The third-order valence-electron chi connectivity index (χ3n) is 3.78. The maximum absolute atomic E-state index is 12.4. The number of nitrogens with one attached hydrogen (secondary N) is 1. The molecule has 1 fully saturated rings. The molecule has 2 aromatic rings. The second-order valence-electron chi connectivity index (χ2n) is 5.28. The van der Waals surface area contributed by atoms with Crippen molar-refractivity contribution in [2.75, 3.05) is 31.5 Å². The standard InChI is InChI=1S/C16H15Cl2N3O3/c17-11-3-1-4-12(18)14(11)19-16(23)21-8-6-20(7-9-21)15(22)13-5-2-10-24-13/h1-5,10H,6-9H2,(H,19,23). The van der Waals surface area contributed by atoms with Crippen LogP contribution in [0.15, 0.2) is 41.0 Å². The Hall–Kier alpha value is -2.18. The highest BCUT2D eigenvalue weighted by Gasteiger charge is 2.26. The average Bonchev–Trinajstić information content (AvgIpc) is 3.12. The third-order valence-corrected chi connectivity index (χ3v) is 4.41. The van der Waals surface area contributed by atoms with E-state index in [0.29, 0.717) is 47.7 Å². The van der Waals surface area contributed by atoms with Crippen molar-refractivity contribution < 1.29 is 14.0 Å². The molecule has 1 N–H and O–H groups in total. The summed E-state index contributed by atoms with van der Waals surface area (Å²) in [6.07, 6.45) is 1.46. The predicted molar refractivity (Wildman–Crippen MR) is 91.7 cm³/mol. The van der Waals surface area contributed by atoms with E-state index in [4.69, 9.17) is 27.6 Å². The van der Waals surface area contributed by atoms with E-state index in [0.717, 1.165) is 0 Å². The van der Waals surface area contributed by atoms with Gasteiger partial charge in [0.05, 0.1) is 22.0 Å². The molecule has 0 atom stereocenters. The zero-order valence-electron chi connectivity index (χ0n) is 12.7. The van der Waals surface area contributed by atoms with Crippen molar-refractivity contribution in [3.8, 4) is 0 Å². The van der Waals surface area contributed by atoms with Gasteiger partial charge < -0.3 is 19.5 Å². The van der Waals surface area contributed by atoms with E-state index in [-0.39, 0.29) is 11.9 Å². The minimum Gasteiger partial charge on any atom is -0.459 e. The van der Waals surface area contributed by atoms with Gasteiger partial charge in [0.2, 0.25) is 0 Å². The third kappa shape index (κ3) is 3.49. The van der Waals surface area contributed by atoms with Crippen molar-refractivity contribution in [1.29, 1.82) is 0 Å². The number of hydrogen-bond donors (Lipinski definition) is 1. The summed E-state index contributed by atoms with van der Waals surface area (Å²) >= 11 is 12.1. The molecule has 0 radical (unpaired) electrons. The number of benzene rings is 1. The average molecular weight is 368 g/mol. The van der Waals surface area contributed by atoms with Crippen molar-refractivity contribution in [2.45, 2.75) is 0 Å². The Morgan fingerprint density at radius 1 is 0.958 bits per heavy atom. The molecular formula is C16H15Cl2N3O3. The van der Waals surface area contributed by atoms with E-state index < -0.39 is 0 Å². The van der Waals surface area contributed by atoms with Gasteiger partial charge in [-0.1, -0.05) is 29.3 Å². The SMILES string of the molecule is O=C(Nc1c(Cl)cccc1Cl)N1CCN(C(=O)c2ccco2)CC1. The zero-order valence-corrected chi connectivity index (χ0v) is 14.2. The number of nitrogens with zero attached hydrogens (tertiary/aromatic N) is 2. The number of carbonyl (C=O) groups excluding carboxylic acids is 2. The van der Waals surface area contributed by atoms with E-state index in [2.05, 4.69) is 5.32 Å². The summed E-state index contributed by atoms with van der Waals surface area (Å²) in [5, 5.41) is 3.48. The zero-order chi connectivity index (χ0) is 17.1. The number of rotatable bonds is 2. The van der Waals surface area contributed by atoms with Crippen LogP contribution in [0, 0.1) is 0 Å². The second kappa shape index (κ2) is 7.15. The van der Waals surface area contributed by atoms with Gasteiger partial charge in [-0.2, -0.15) is 0 Å². The first-order valence-electron chi connectivity index (χ1n) is 7.39. The minimum atomic E-state index is -0.296. The molecule has 0 spiro atoms. The monoisotopic (exact) mass is 367 g/mol. The molecule has 3 amide bonds. The Labute approximate surface area is 148 Å². The molecule has 0 aliphatic carbocycles. The number of para-hydroxylation sites is 1. The van der Waals surface area contributed by atoms with Gasteiger partial charge in [0, 0.05) is 26.2 Å². The molecule has 2 heterocycles. The molecule has 24 heavy (non-hydrogen) atoms. The van der Waals surface area contributed by atoms with Crippen LogP contribution < -0.4 is 5.32 Å². The number of anilines is 1. The molecule has 3 rings (SSSR count). The van der Waals surface area contributed by atoms with E-state index >= 15 is 0 Å². The molecule has 6 nitrogen and oxygen atoms in total. The molecule has 8 heteroatoms. The fourth-order valence-electron chi connectivity index (χ4n) is 2.47. The van der Waals surface area contributed by atoms with Crippen molar-refractivity contribution in [3.05, 3.63) is 52.4 Å². The Balaban J connectivity index is 1.58. The molecule has 0 bridgehead atoms. The normalized spacial score (nSPS) is 14.6. The minimum absolute atomic E-state index is 0.172. The highest BCUT2D eigenvalue weighted by atomic mass is 35.5. The molecule has 1 aromatic heterocycles. The van der Waals surface area contributed by atoms with Gasteiger partial charge in [-0.3, -0.25) is 4.79 Å². The Bertz CT molecular complexity index is 721. The lowest BCUT2D eigenvalue weighted by molar-refractivity contribution is 0.0640. The van der Waals surface area contributed by atoms with Crippen LogP contribution in [0.25, 0.3) is 0 Å². The maximum atomic E-state index is 12.4. The first kappa shape index (κ1) is 16.7.